The Morgan fingerprint density at radius 3 is 2.26 bits per heavy atom. The molecule has 0 fully saturated rings. The van der Waals surface area contributed by atoms with Gasteiger partial charge in [0.25, 0.3) is 0 Å². The summed E-state index contributed by atoms with van der Waals surface area (Å²) in [6.45, 7) is 3.82. The number of carboxylic acids is 1. The Balaban J connectivity index is 2.05. The highest BCUT2D eigenvalue weighted by molar-refractivity contribution is 6.25. The number of halogens is 1. The van der Waals surface area contributed by atoms with Gasteiger partial charge in [-0.1, -0.05) is 24.3 Å². The number of Topliss-reactive ketones (excluding diaryl/α,β-unsaturated/α-hetero) is 1. The predicted molar refractivity (Wildman–Crippen MR) is 101 cm³/mol. The van der Waals surface area contributed by atoms with Crippen molar-refractivity contribution in [3.8, 4) is 11.1 Å². The lowest BCUT2D eigenvalue weighted by atomic mass is 9.89. The zero-order valence-electron chi connectivity index (χ0n) is 15.5. The summed E-state index contributed by atoms with van der Waals surface area (Å²) in [6, 6.07) is 10.2. The molecule has 2 aromatic rings. The minimum absolute atomic E-state index is 0.185. The van der Waals surface area contributed by atoms with Gasteiger partial charge in [0.05, 0.1) is 19.1 Å². The molecule has 0 amide bonds. The van der Waals surface area contributed by atoms with E-state index in [1.54, 1.807) is 12.1 Å². The molecule has 0 bridgehead atoms. The molecule has 0 aliphatic heterocycles. The Morgan fingerprint density at radius 1 is 1.15 bits per heavy atom. The Morgan fingerprint density at radius 2 is 1.74 bits per heavy atom. The summed E-state index contributed by atoms with van der Waals surface area (Å²) in [6.07, 6.45) is 0.0938. The lowest BCUT2D eigenvalue weighted by Gasteiger charge is -2.15. The number of aryl methyl sites for hydroxylation is 2. The van der Waals surface area contributed by atoms with Crippen molar-refractivity contribution in [3.05, 3.63) is 64.7 Å². The van der Waals surface area contributed by atoms with Crippen LogP contribution in [-0.2, 0) is 14.3 Å². The van der Waals surface area contributed by atoms with Gasteiger partial charge in [0.2, 0.25) is 0 Å². The van der Waals surface area contributed by atoms with Crippen LogP contribution in [0.1, 0.15) is 29.5 Å². The monoisotopic (exact) mass is 368 g/mol. The fourth-order valence-electron chi connectivity index (χ4n) is 3.75. The number of carbonyl (C=O) groups is 2. The molecular weight excluding hydrogens is 347 g/mol. The van der Waals surface area contributed by atoms with Crippen molar-refractivity contribution in [2.75, 3.05) is 7.11 Å². The summed E-state index contributed by atoms with van der Waals surface area (Å²) in [4.78, 5) is 23.9. The van der Waals surface area contributed by atoms with E-state index in [1.807, 2.05) is 26.0 Å². The summed E-state index contributed by atoms with van der Waals surface area (Å²) < 4.78 is 18.6. The molecular formula is C22H21FO4. The van der Waals surface area contributed by atoms with E-state index in [1.165, 1.54) is 19.2 Å². The van der Waals surface area contributed by atoms with Crippen LogP contribution in [0.3, 0.4) is 0 Å². The van der Waals surface area contributed by atoms with E-state index in [-0.39, 0.29) is 18.0 Å². The van der Waals surface area contributed by atoms with Crippen LogP contribution in [0.2, 0.25) is 0 Å². The van der Waals surface area contributed by atoms with Gasteiger partial charge in [-0.3, -0.25) is 9.59 Å². The maximum absolute atomic E-state index is 13.2. The first-order valence-corrected chi connectivity index (χ1v) is 8.72. The van der Waals surface area contributed by atoms with Crippen molar-refractivity contribution in [1.82, 2.24) is 0 Å². The summed E-state index contributed by atoms with van der Waals surface area (Å²) in [5.74, 6) is -1.53. The van der Waals surface area contributed by atoms with Gasteiger partial charge in [-0.15, -0.1) is 0 Å². The molecule has 0 aromatic heterocycles. The zero-order valence-corrected chi connectivity index (χ0v) is 15.5. The van der Waals surface area contributed by atoms with Crippen LogP contribution in [0.25, 0.3) is 16.7 Å². The molecule has 1 atom stereocenters. The minimum atomic E-state index is -0.995. The lowest BCUT2D eigenvalue weighted by molar-refractivity contribution is -0.139. The fourth-order valence-corrected chi connectivity index (χ4v) is 3.75. The Labute approximate surface area is 157 Å². The molecule has 140 valence electrons. The maximum Gasteiger partial charge on any atom is 0.304 e. The highest BCUT2D eigenvalue weighted by Crippen LogP contribution is 2.40. The average Bonchev–Trinajstić information content (AvgIpc) is 2.90. The SMILES string of the molecule is COC1=C(c2c(C)cc(-c3ccc(F)cc3)cc2C)C(=O)C(CC(=O)O)C1. The van der Waals surface area contributed by atoms with Gasteiger partial charge in [0, 0.05) is 12.3 Å². The van der Waals surface area contributed by atoms with Crippen molar-refractivity contribution in [2.45, 2.75) is 26.7 Å². The van der Waals surface area contributed by atoms with Gasteiger partial charge in [0.15, 0.2) is 5.78 Å². The second kappa shape index (κ2) is 7.35. The molecule has 27 heavy (non-hydrogen) atoms. The minimum Gasteiger partial charge on any atom is -0.500 e. The standard InChI is InChI=1S/C22H21FO4/c1-12-8-15(14-4-6-17(23)7-5-14)9-13(2)20(12)21-18(27-3)10-16(22(21)26)11-19(24)25/h4-9,16H,10-11H2,1-3H3,(H,24,25). The second-order valence-corrected chi connectivity index (χ2v) is 6.86. The molecule has 0 saturated heterocycles. The van der Waals surface area contributed by atoms with Gasteiger partial charge < -0.3 is 9.84 Å². The van der Waals surface area contributed by atoms with Gasteiger partial charge >= 0.3 is 5.97 Å². The number of aliphatic carboxylic acids is 1. The second-order valence-electron chi connectivity index (χ2n) is 6.86. The van der Waals surface area contributed by atoms with E-state index in [4.69, 9.17) is 9.84 Å². The molecule has 1 aliphatic carbocycles. The largest absolute Gasteiger partial charge is 0.500 e. The topological polar surface area (TPSA) is 63.6 Å². The highest BCUT2D eigenvalue weighted by atomic mass is 19.1. The van der Waals surface area contributed by atoms with Crippen molar-refractivity contribution < 1.29 is 23.8 Å². The number of ketones is 1. The molecule has 1 unspecified atom stereocenters. The molecule has 0 heterocycles. The molecule has 2 aromatic carbocycles. The molecule has 1 N–H and O–H groups in total. The Kier molecular flexibility index (Phi) is 5.13. The number of methoxy groups -OCH3 is 1. The van der Waals surface area contributed by atoms with Crippen LogP contribution in [0.15, 0.2) is 42.2 Å². The molecule has 3 rings (SSSR count). The first kappa shape index (κ1) is 18.8. The quantitative estimate of drug-likeness (QED) is 0.842. The van der Waals surface area contributed by atoms with Crippen molar-refractivity contribution in [3.63, 3.8) is 0 Å². The van der Waals surface area contributed by atoms with Crippen LogP contribution in [-0.4, -0.2) is 24.0 Å². The number of allylic oxidation sites excluding steroid dienone is 2. The Hall–Kier alpha value is -2.95. The lowest BCUT2D eigenvalue weighted by Crippen LogP contribution is -2.15. The molecule has 4 nitrogen and oxygen atoms in total. The van der Waals surface area contributed by atoms with Gasteiger partial charge in [-0.25, -0.2) is 4.39 Å². The number of benzene rings is 2. The number of carbonyl (C=O) groups excluding carboxylic acids is 1. The third-order valence-electron chi connectivity index (χ3n) is 4.96. The summed E-state index contributed by atoms with van der Waals surface area (Å²) in [5, 5.41) is 9.06. The maximum atomic E-state index is 13.2. The van der Waals surface area contributed by atoms with Crippen molar-refractivity contribution in [1.29, 1.82) is 0 Å². The average molecular weight is 368 g/mol. The summed E-state index contributed by atoms with van der Waals surface area (Å²) in [7, 11) is 1.50. The van der Waals surface area contributed by atoms with Gasteiger partial charge in [-0.2, -0.15) is 0 Å². The van der Waals surface area contributed by atoms with E-state index >= 15 is 0 Å². The van der Waals surface area contributed by atoms with E-state index in [9.17, 15) is 14.0 Å². The predicted octanol–water partition coefficient (Wildman–Crippen LogP) is 4.53. The van der Waals surface area contributed by atoms with Crippen molar-refractivity contribution in [2.24, 2.45) is 5.92 Å². The number of hydrogen-bond donors (Lipinski definition) is 1. The molecule has 0 radical (unpaired) electrons. The van der Waals surface area contributed by atoms with Crippen LogP contribution >= 0.6 is 0 Å². The third-order valence-corrected chi connectivity index (χ3v) is 4.96. The molecule has 0 saturated carbocycles. The summed E-state index contributed by atoms with van der Waals surface area (Å²) in [5.41, 5.74) is 4.86. The van der Waals surface area contributed by atoms with E-state index < -0.39 is 11.9 Å². The normalized spacial score (nSPS) is 16.7. The number of hydrogen-bond acceptors (Lipinski definition) is 3. The fraction of sp³-hybridized carbons (Fsp3) is 0.273. The van der Waals surface area contributed by atoms with Crippen LogP contribution in [0.5, 0.6) is 0 Å². The first-order valence-electron chi connectivity index (χ1n) is 8.72. The zero-order chi connectivity index (χ0) is 19.7. The number of carboxylic acid groups (broad SMARTS) is 1. The summed E-state index contributed by atoms with van der Waals surface area (Å²) >= 11 is 0. The van der Waals surface area contributed by atoms with Crippen LogP contribution in [0.4, 0.5) is 4.39 Å². The first-order chi connectivity index (χ1) is 12.8. The molecule has 0 spiro atoms. The number of ether oxygens (including phenoxy) is 1. The third kappa shape index (κ3) is 3.63. The Bertz CT molecular complexity index is 918. The van der Waals surface area contributed by atoms with E-state index in [0.29, 0.717) is 17.8 Å². The molecule has 1 aliphatic rings. The van der Waals surface area contributed by atoms with Crippen LogP contribution < -0.4 is 0 Å². The van der Waals surface area contributed by atoms with Gasteiger partial charge in [0.1, 0.15) is 11.6 Å². The van der Waals surface area contributed by atoms with E-state index in [0.717, 1.165) is 27.8 Å². The smallest absolute Gasteiger partial charge is 0.304 e. The van der Waals surface area contributed by atoms with Gasteiger partial charge in [-0.05, 0) is 53.8 Å². The van der Waals surface area contributed by atoms with Crippen molar-refractivity contribution >= 4 is 17.3 Å². The molecule has 5 heteroatoms. The highest BCUT2D eigenvalue weighted by Gasteiger charge is 2.37. The van der Waals surface area contributed by atoms with E-state index in [2.05, 4.69) is 0 Å². The van der Waals surface area contributed by atoms with Crippen LogP contribution in [0, 0.1) is 25.6 Å². The number of rotatable bonds is 5.